The van der Waals surface area contributed by atoms with Gasteiger partial charge in [0, 0.05) is 24.8 Å². The topological polar surface area (TPSA) is 101 Å². The second kappa shape index (κ2) is 12.9. The lowest BCUT2D eigenvalue weighted by Crippen LogP contribution is -2.21. The Morgan fingerprint density at radius 1 is 0.762 bits per heavy atom. The van der Waals surface area contributed by atoms with Crippen molar-refractivity contribution in [2.45, 2.75) is 25.7 Å². The zero-order chi connectivity index (χ0) is 28.7. The third-order valence-electron chi connectivity index (χ3n) is 6.85. The number of ether oxygens (including phenoxy) is 2. The fourth-order valence-electron chi connectivity index (χ4n) is 4.59. The molecule has 0 fully saturated rings. The minimum atomic E-state index is -0.514. The SMILES string of the molecule is COCCCCCCOc1ccc(-c2nnc(-c3ccc4cc(C(=O)On5nnc6ccccc65)ccc4c3)s2)cc1. The summed E-state index contributed by atoms with van der Waals surface area (Å²) in [7, 11) is 1.74. The third kappa shape index (κ3) is 6.29. The van der Waals surface area contributed by atoms with E-state index in [2.05, 4.69) is 20.5 Å². The molecule has 212 valence electrons. The second-order valence-electron chi connectivity index (χ2n) is 9.80. The second-order valence-corrected chi connectivity index (χ2v) is 10.8. The number of aromatic nitrogens is 5. The molecule has 4 aromatic carbocycles. The van der Waals surface area contributed by atoms with Crippen LogP contribution in [-0.2, 0) is 4.74 Å². The molecule has 42 heavy (non-hydrogen) atoms. The molecule has 0 aliphatic carbocycles. The molecular formula is C32H29N5O4S. The van der Waals surface area contributed by atoms with Crippen LogP contribution in [0.4, 0.5) is 0 Å². The standard InChI is InChI=1S/C32H29N5O4S/c1-39-18-6-2-3-7-19-40-27-16-14-22(15-17-27)30-34-35-31(42-30)25-12-10-24-21-26(13-11-23(24)20-25)32(38)41-37-29-9-5-4-8-28(29)33-36-37/h4-5,8-17,20-21H,2-3,6-7,18-19H2,1H3. The van der Waals surface area contributed by atoms with Gasteiger partial charge < -0.3 is 14.3 Å². The molecule has 0 spiro atoms. The van der Waals surface area contributed by atoms with Crippen molar-refractivity contribution < 1.29 is 19.1 Å². The van der Waals surface area contributed by atoms with Gasteiger partial charge in [0.2, 0.25) is 0 Å². The highest BCUT2D eigenvalue weighted by Gasteiger charge is 2.14. The summed E-state index contributed by atoms with van der Waals surface area (Å²) in [5, 5.41) is 20.3. The van der Waals surface area contributed by atoms with Crippen LogP contribution in [0.1, 0.15) is 36.0 Å². The number of nitrogens with zero attached hydrogens (tertiary/aromatic N) is 5. The van der Waals surface area contributed by atoms with Gasteiger partial charge in [-0.3, -0.25) is 0 Å². The smallest absolute Gasteiger partial charge is 0.365 e. The van der Waals surface area contributed by atoms with Crippen molar-refractivity contribution in [2.24, 2.45) is 0 Å². The number of hydrogen-bond donors (Lipinski definition) is 0. The maximum atomic E-state index is 12.8. The van der Waals surface area contributed by atoms with Gasteiger partial charge in [0.1, 0.15) is 26.8 Å². The van der Waals surface area contributed by atoms with E-state index >= 15 is 0 Å². The highest BCUT2D eigenvalue weighted by molar-refractivity contribution is 7.17. The van der Waals surface area contributed by atoms with Crippen molar-refractivity contribution in [3.05, 3.63) is 90.5 Å². The first-order valence-corrected chi connectivity index (χ1v) is 14.6. The molecule has 9 nitrogen and oxygen atoms in total. The molecule has 6 rings (SSSR count). The highest BCUT2D eigenvalue weighted by atomic mass is 32.1. The molecule has 0 radical (unpaired) electrons. The van der Waals surface area contributed by atoms with Gasteiger partial charge in [-0.15, -0.1) is 15.3 Å². The average Bonchev–Trinajstić information content (AvgIpc) is 3.69. The molecule has 0 saturated carbocycles. The Morgan fingerprint density at radius 2 is 1.48 bits per heavy atom. The summed E-state index contributed by atoms with van der Waals surface area (Å²) < 4.78 is 11.0. The van der Waals surface area contributed by atoms with Gasteiger partial charge in [0.25, 0.3) is 0 Å². The van der Waals surface area contributed by atoms with E-state index in [4.69, 9.17) is 14.3 Å². The van der Waals surface area contributed by atoms with E-state index in [1.807, 2.05) is 66.7 Å². The van der Waals surface area contributed by atoms with E-state index in [0.717, 1.165) is 74.8 Å². The van der Waals surface area contributed by atoms with E-state index in [1.54, 1.807) is 25.3 Å². The van der Waals surface area contributed by atoms with Crippen LogP contribution < -0.4 is 9.57 Å². The number of hydrogen-bond acceptors (Lipinski definition) is 9. The van der Waals surface area contributed by atoms with Crippen LogP contribution in [0, 0.1) is 0 Å². The Bertz CT molecular complexity index is 1820. The van der Waals surface area contributed by atoms with Crippen LogP contribution in [0.3, 0.4) is 0 Å². The minimum absolute atomic E-state index is 0.419. The molecule has 0 aliphatic heterocycles. The molecule has 0 N–H and O–H groups in total. The van der Waals surface area contributed by atoms with Crippen LogP contribution >= 0.6 is 11.3 Å². The number of para-hydroxylation sites is 1. The summed E-state index contributed by atoms with van der Waals surface area (Å²) >= 11 is 1.53. The minimum Gasteiger partial charge on any atom is -0.494 e. The molecular weight excluding hydrogens is 550 g/mol. The molecule has 0 atom stereocenters. The Balaban J connectivity index is 1.09. The molecule has 2 heterocycles. The molecule has 0 aliphatic rings. The van der Waals surface area contributed by atoms with Gasteiger partial charge in [-0.1, -0.05) is 52.9 Å². The van der Waals surface area contributed by atoms with Crippen LogP contribution in [-0.4, -0.2) is 51.6 Å². The molecule has 6 aromatic rings. The van der Waals surface area contributed by atoms with E-state index in [0.29, 0.717) is 23.2 Å². The quantitative estimate of drug-likeness (QED) is 0.118. The van der Waals surface area contributed by atoms with Crippen molar-refractivity contribution in [3.63, 3.8) is 0 Å². The molecule has 2 aromatic heterocycles. The van der Waals surface area contributed by atoms with Gasteiger partial charge >= 0.3 is 5.97 Å². The maximum absolute atomic E-state index is 12.8. The summed E-state index contributed by atoms with van der Waals surface area (Å²) in [5.41, 5.74) is 3.65. The number of methoxy groups -OCH3 is 1. The lowest BCUT2D eigenvalue weighted by molar-refractivity contribution is 0.0409. The predicted molar refractivity (Wildman–Crippen MR) is 163 cm³/mol. The van der Waals surface area contributed by atoms with Gasteiger partial charge in [-0.25, -0.2) is 4.79 Å². The molecule has 0 amide bonds. The Labute approximate surface area is 246 Å². The van der Waals surface area contributed by atoms with Crippen molar-refractivity contribution >= 4 is 39.1 Å². The fourth-order valence-corrected chi connectivity index (χ4v) is 5.44. The van der Waals surface area contributed by atoms with E-state index < -0.39 is 5.97 Å². The van der Waals surface area contributed by atoms with Crippen molar-refractivity contribution in [3.8, 4) is 26.9 Å². The first-order valence-electron chi connectivity index (χ1n) is 13.8. The molecule has 0 saturated heterocycles. The summed E-state index contributed by atoms with van der Waals surface area (Å²) in [6, 6.07) is 26.7. The lowest BCUT2D eigenvalue weighted by Gasteiger charge is -2.06. The number of carbonyl (C=O) groups is 1. The molecule has 0 bridgehead atoms. The number of rotatable bonds is 12. The number of carbonyl (C=O) groups excluding carboxylic acids is 1. The maximum Gasteiger partial charge on any atom is 0.365 e. The van der Waals surface area contributed by atoms with Crippen molar-refractivity contribution in [1.29, 1.82) is 0 Å². The van der Waals surface area contributed by atoms with E-state index in [1.165, 1.54) is 11.3 Å². The van der Waals surface area contributed by atoms with Crippen molar-refractivity contribution in [1.82, 2.24) is 25.4 Å². The molecule has 0 unspecified atom stereocenters. The molecule has 10 heteroatoms. The summed E-state index contributed by atoms with van der Waals surface area (Å²) in [5.74, 6) is 0.340. The number of unbranched alkanes of at least 4 members (excludes halogenated alkanes) is 3. The van der Waals surface area contributed by atoms with Crippen LogP contribution in [0.15, 0.2) is 84.9 Å². The zero-order valence-corrected chi connectivity index (χ0v) is 23.9. The summed E-state index contributed by atoms with van der Waals surface area (Å²) in [6.45, 7) is 1.53. The number of benzene rings is 4. The highest BCUT2D eigenvalue weighted by Crippen LogP contribution is 2.32. The van der Waals surface area contributed by atoms with Gasteiger partial charge in [-0.05, 0) is 89.8 Å². The summed E-state index contributed by atoms with van der Waals surface area (Å²) in [6.07, 6.45) is 4.42. The largest absolute Gasteiger partial charge is 0.494 e. The zero-order valence-electron chi connectivity index (χ0n) is 23.1. The number of fused-ring (bicyclic) bond motifs is 2. The van der Waals surface area contributed by atoms with Crippen molar-refractivity contribution in [2.75, 3.05) is 20.3 Å². The third-order valence-corrected chi connectivity index (χ3v) is 7.87. The predicted octanol–water partition coefficient (Wildman–Crippen LogP) is 6.62. The first-order chi connectivity index (χ1) is 20.7. The monoisotopic (exact) mass is 579 g/mol. The normalized spacial score (nSPS) is 11.3. The van der Waals surface area contributed by atoms with E-state index in [-0.39, 0.29) is 0 Å². The Morgan fingerprint density at radius 3 is 2.31 bits per heavy atom. The van der Waals surface area contributed by atoms with Crippen LogP contribution in [0.2, 0.25) is 0 Å². The Kier molecular flexibility index (Phi) is 8.43. The van der Waals surface area contributed by atoms with Crippen LogP contribution in [0.5, 0.6) is 5.75 Å². The average molecular weight is 580 g/mol. The summed E-state index contributed by atoms with van der Waals surface area (Å²) in [4.78, 5) is 19.4. The fraction of sp³-hybridized carbons (Fsp3) is 0.219. The first kappa shape index (κ1) is 27.5. The van der Waals surface area contributed by atoms with Gasteiger partial charge in [-0.2, -0.15) is 0 Å². The lowest BCUT2D eigenvalue weighted by atomic mass is 10.0. The Hall–Kier alpha value is -4.67. The van der Waals surface area contributed by atoms with Gasteiger partial charge in [0.15, 0.2) is 0 Å². The van der Waals surface area contributed by atoms with E-state index in [9.17, 15) is 4.79 Å². The van der Waals surface area contributed by atoms with Gasteiger partial charge in [0.05, 0.1) is 12.2 Å². The van der Waals surface area contributed by atoms with Crippen LogP contribution in [0.25, 0.3) is 42.9 Å².